The van der Waals surface area contributed by atoms with E-state index in [0.29, 0.717) is 11.3 Å². The lowest BCUT2D eigenvalue weighted by atomic mass is 10.1. The number of benzene rings is 2. The van der Waals surface area contributed by atoms with Gasteiger partial charge in [0.05, 0.1) is 22.8 Å². The summed E-state index contributed by atoms with van der Waals surface area (Å²) < 4.78 is 38.1. The second-order valence-corrected chi connectivity index (χ2v) is 5.64. The maximum Gasteiger partial charge on any atom is 0.416 e. The van der Waals surface area contributed by atoms with Gasteiger partial charge in [0.2, 0.25) is 5.91 Å². The minimum atomic E-state index is -4.50. The number of ketones is 1. The number of anilines is 2. The molecule has 132 valence electrons. The Morgan fingerprint density at radius 3 is 2.48 bits per heavy atom. The summed E-state index contributed by atoms with van der Waals surface area (Å²) in [6.07, 6.45) is -4.50. The second kappa shape index (κ2) is 7.57. The summed E-state index contributed by atoms with van der Waals surface area (Å²) in [6.45, 7) is 1.11. The van der Waals surface area contributed by atoms with E-state index in [1.807, 2.05) is 0 Å². The molecule has 0 fully saturated rings. The molecule has 0 spiro atoms. The molecule has 2 aromatic carbocycles. The molecular weight excluding hydrogens is 357 g/mol. The lowest BCUT2D eigenvalue weighted by Gasteiger charge is -2.12. The lowest BCUT2D eigenvalue weighted by molar-refractivity contribution is -0.137. The summed E-state index contributed by atoms with van der Waals surface area (Å²) in [5.41, 5.74) is -0.0144. The molecule has 4 nitrogen and oxygen atoms in total. The standard InChI is InChI=1S/C17H14ClF3N2O2/c1-10(24)11-3-2-4-13(7-11)23-16(25)9-22-15-8-12(17(19,20)21)5-6-14(15)18/h2-8,22H,9H2,1H3,(H,23,25). The van der Waals surface area contributed by atoms with Gasteiger partial charge >= 0.3 is 6.18 Å². The zero-order valence-electron chi connectivity index (χ0n) is 13.1. The van der Waals surface area contributed by atoms with Crippen molar-refractivity contribution in [3.8, 4) is 0 Å². The molecule has 0 aromatic heterocycles. The van der Waals surface area contributed by atoms with Crippen LogP contribution in [0.25, 0.3) is 0 Å². The molecule has 0 aliphatic rings. The Balaban J connectivity index is 2.03. The summed E-state index contributed by atoms with van der Waals surface area (Å²) in [5.74, 6) is -0.640. The summed E-state index contributed by atoms with van der Waals surface area (Å²) in [4.78, 5) is 23.2. The monoisotopic (exact) mass is 370 g/mol. The smallest absolute Gasteiger partial charge is 0.375 e. The Morgan fingerprint density at radius 1 is 1.12 bits per heavy atom. The highest BCUT2D eigenvalue weighted by molar-refractivity contribution is 6.33. The van der Waals surface area contributed by atoms with Crippen molar-refractivity contribution in [2.24, 2.45) is 0 Å². The fourth-order valence-electron chi connectivity index (χ4n) is 2.03. The van der Waals surface area contributed by atoms with Gasteiger partial charge in [-0.05, 0) is 37.3 Å². The maximum atomic E-state index is 12.7. The van der Waals surface area contributed by atoms with Crippen LogP contribution in [-0.2, 0) is 11.0 Å². The third kappa shape index (κ3) is 5.22. The predicted octanol–water partition coefficient (Wildman–Crippen LogP) is 4.61. The normalized spacial score (nSPS) is 11.1. The highest BCUT2D eigenvalue weighted by Gasteiger charge is 2.30. The third-order valence-electron chi connectivity index (χ3n) is 3.29. The molecule has 0 heterocycles. The number of carbonyl (C=O) groups excluding carboxylic acids is 2. The van der Waals surface area contributed by atoms with Crippen LogP contribution in [0.4, 0.5) is 24.5 Å². The SMILES string of the molecule is CC(=O)c1cccc(NC(=O)CNc2cc(C(F)(F)F)ccc2Cl)c1. The van der Waals surface area contributed by atoms with Crippen molar-refractivity contribution in [2.45, 2.75) is 13.1 Å². The van der Waals surface area contributed by atoms with E-state index in [9.17, 15) is 22.8 Å². The van der Waals surface area contributed by atoms with E-state index in [2.05, 4.69) is 10.6 Å². The molecule has 2 rings (SSSR count). The molecule has 0 radical (unpaired) electrons. The van der Waals surface area contributed by atoms with Gasteiger partial charge in [-0.2, -0.15) is 13.2 Å². The quantitative estimate of drug-likeness (QED) is 0.755. The second-order valence-electron chi connectivity index (χ2n) is 5.23. The van der Waals surface area contributed by atoms with E-state index in [-0.39, 0.29) is 23.0 Å². The molecular formula is C17H14ClF3N2O2. The Morgan fingerprint density at radius 2 is 1.84 bits per heavy atom. The first kappa shape index (κ1) is 18.8. The lowest BCUT2D eigenvalue weighted by Crippen LogP contribution is -2.22. The molecule has 2 aromatic rings. The fraction of sp³-hybridized carbons (Fsp3) is 0.176. The van der Waals surface area contributed by atoms with E-state index in [1.165, 1.54) is 13.0 Å². The van der Waals surface area contributed by atoms with E-state index in [4.69, 9.17) is 11.6 Å². The first-order chi connectivity index (χ1) is 11.7. The van der Waals surface area contributed by atoms with Gasteiger partial charge in [0, 0.05) is 11.3 Å². The summed E-state index contributed by atoms with van der Waals surface area (Å²) in [7, 11) is 0. The zero-order valence-corrected chi connectivity index (χ0v) is 13.8. The first-order valence-electron chi connectivity index (χ1n) is 7.18. The minimum Gasteiger partial charge on any atom is -0.375 e. The van der Waals surface area contributed by atoms with Crippen molar-refractivity contribution >= 4 is 34.7 Å². The molecule has 2 N–H and O–H groups in total. The molecule has 0 bridgehead atoms. The molecule has 25 heavy (non-hydrogen) atoms. The molecule has 0 saturated heterocycles. The van der Waals surface area contributed by atoms with E-state index >= 15 is 0 Å². The zero-order chi connectivity index (χ0) is 18.6. The van der Waals surface area contributed by atoms with Crippen LogP contribution in [0.2, 0.25) is 5.02 Å². The minimum absolute atomic E-state index is 0.00382. The molecule has 1 amide bonds. The largest absolute Gasteiger partial charge is 0.416 e. The summed E-state index contributed by atoms with van der Waals surface area (Å²) in [5, 5.41) is 5.19. The van der Waals surface area contributed by atoms with Crippen molar-refractivity contribution in [2.75, 3.05) is 17.2 Å². The molecule has 0 atom stereocenters. The molecule has 0 saturated carbocycles. The van der Waals surface area contributed by atoms with Crippen LogP contribution < -0.4 is 10.6 Å². The predicted molar refractivity (Wildman–Crippen MR) is 90.0 cm³/mol. The Labute approximate surface area is 147 Å². The van der Waals surface area contributed by atoms with Gasteiger partial charge in [0.1, 0.15) is 0 Å². The van der Waals surface area contributed by atoms with Crippen LogP contribution >= 0.6 is 11.6 Å². The average molecular weight is 371 g/mol. The van der Waals surface area contributed by atoms with Crippen LogP contribution in [0.15, 0.2) is 42.5 Å². The van der Waals surface area contributed by atoms with Crippen LogP contribution in [0.3, 0.4) is 0 Å². The summed E-state index contributed by atoms with van der Waals surface area (Å²) in [6, 6.07) is 9.15. The molecule has 0 aliphatic carbocycles. The highest BCUT2D eigenvalue weighted by atomic mass is 35.5. The van der Waals surface area contributed by atoms with Gasteiger partial charge < -0.3 is 10.6 Å². The van der Waals surface area contributed by atoms with E-state index in [1.54, 1.807) is 18.2 Å². The molecule has 8 heteroatoms. The number of hydrogen-bond donors (Lipinski definition) is 2. The Kier molecular flexibility index (Phi) is 5.69. The number of alkyl halides is 3. The van der Waals surface area contributed by atoms with Gasteiger partial charge in [0.15, 0.2) is 5.78 Å². The molecule has 0 unspecified atom stereocenters. The van der Waals surface area contributed by atoms with Crippen LogP contribution in [0.5, 0.6) is 0 Å². The number of Topliss-reactive ketones (excluding diaryl/α,β-unsaturated/α-hetero) is 1. The van der Waals surface area contributed by atoms with Crippen LogP contribution in [0, 0.1) is 0 Å². The van der Waals surface area contributed by atoms with Crippen molar-refractivity contribution in [3.05, 3.63) is 58.6 Å². The number of hydrogen-bond acceptors (Lipinski definition) is 3. The number of halogens is 4. The third-order valence-corrected chi connectivity index (χ3v) is 3.62. The Hall–Kier alpha value is -2.54. The van der Waals surface area contributed by atoms with Crippen molar-refractivity contribution in [1.82, 2.24) is 0 Å². The van der Waals surface area contributed by atoms with Gasteiger partial charge in [-0.3, -0.25) is 9.59 Å². The van der Waals surface area contributed by atoms with Crippen LogP contribution in [-0.4, -0.2) is 18.2 Å². The highest BCUT2D eigenvalue weighted by Crippen LogP contribution is 2.33. The first-order valence-corrected chi connectivity index (χ1v) is 7.56. The number of carbonyl (C=O) groups is 2. The van der Waals surface area contributed by atoms with Crippen molar-refractivity contribution < 1.29 is 22.8 Å². The Bertz CT molecular complexity index is 807. The van der Waals surface area contributed by atoms with Crippen molar-refractivity contribution in [1.29, 1.82) is 0 Å². The van der Waals surface area contributed by atoms with E-state index < -0.39 is 17.6 Å². The van der Waals surface area contributed by atoms with Crippen molar-refractivity contribution in [3.63, 3.8) is 0 Å². The van der Waals surface area contributed by atoms with E-state index in [0.717, 1.165) is 18.2 Å². The summed E-state index contributed by atoms with van der Waals surface area (Å²) >= 11 is 5.85. The molecule has 0 aliphatic heterocycles. The van der Waals surface area contributed by atoms with Gasteiger partial charge in [-0.1, -0.05) is 23.7 Å². The van der Waals surface area contributed by atoms with Gasteiger partial charge in [-0.25, -0.2) is 0 Å². The van der Waals surface area contributed by atoms with Gasteiger partial charge in [0.25, 0.3) is 0 Å². The topological polar surface area (TPSA) is 58.2 Å². The number of rotatable bonds is 5. The average Bonchev–Trinajstić information content (AvgIpc) is 2.53. The number of amides is 1. The van der Waals surface area contributed by atoms with Crippen LogP contribution in [0.1, 0.15) is 22.8 Å². The maximum absolute atomic E-state index is 12.7. The number of nitrogens with one attached hydrogen (secondary N) is 2. The fourth-order valence-corrected chi connectivity index (χ4v) is 2.22. The van der Waals surface area contributed by atoms with Gasteiger partial charge in [-0.15, -0.1) is 0 Å².